The van der Waals surface area contributed by atoms with Gasteiger partial charge in [-0.1, -0.05) is 18.2 Å². The van der Waals surface area contributed by atoms with Crippen molar-refractivity contribution in [2.45, 2.75) is 12.6 Å². The summed E-state index contributed by atoms with van der Waals surface area (Å²) in [5.74, 6) is 1.38. The molecule has 30 heavy (non-hydrogen) atoms. The molecule has 0 radical (unpaired) electrons. The number of rotatable bonds is 6. The molecule has 0 saturated heterocycles. The summed E-state index contributed by atoms with van der Waals surface area (Å²) >= 11 is 0. The third-order valence-electron chi connectivity index (χ3n) is 4.45. The van der Waals surface area contributed by atoms with Crippen LogP contribution in [-0.2, 0) is 12.6 Å². The van der Waals surface area contributed by atoms with Gasteiger partial charge in [-0.05, 0) is 48.4 Å². The first-order valence-electron chi connectivity index (χ1n) is 9.23. The topological polar surface area (TPSA) is 59.9 Å². The van der Waals surface area contributed by atoms with Gasteiger partial charge in [0.1, 0.15) is 17.9 Å². The number of benzene rings is 2. The highest BCUT2D eigenvalue weighted by Gasteiger charge is 2.30. The average Bonchev–Trinajstić information content (AvgIpc) is 2.75. The van der Waals surface area contributed by atoms with Crippen LogP contribution >= 0.6 is 0 Å². The van der Waals surface area contributed by atoms with Crippen molar-refractivity contribution in [3.05, 3.63) is 84.3 Å². The molecule has 0 saturated carbocycles. The van der Waals surface area contributed by atoms with E-state index in [0.29, 0.717) is 24.6 Å². The Bertz CT molecular complexity index is 1120. The maximum Gasteiger partial charge on any atom is 0.416 e. The molecular formula is C22H17F3N4O. The number of hydrogen-bond donors (Lipinski definition) is 1. The van der Waals surface area contributed by atoms with Crippen LogP contribution < -0.4 is 10.1 Å². The number of ether oxygens (including phenoxy) is 1. The normalized spacial score (nSPS) is 11.4. The second kappa shape index (κ2) is 8.36. The molecule has 0 aliphatic heterocycles. The number of pyridine rings is 1. The standard InChI is InChI=1S/C22H17F3N4O/c23-22(24,25)16-6-8-17(9-7-16)30-20-10-5-15(13-27-20)11-12-26-21-18-3-1-2-4-19(18)28-14-29-21/h1-10,13-14H,11-12H2,(H,26,28,29). The molecule has 2 heterocycles. The lowest BCUT2D eigenvalue weighted by Gasteiger charge is -2.10. The minimum atomic E-state index is -4.37. The summed E-state index contributed by atoms with van der Waals surface area (Å²) in [5, 5.41) is 4.26. The molecule has 0 aliphatic rings. The highest BCUT2D eigenvalue weighted by Crippen LogP contribution is 2.31. The van der Waals surface area contributed by atoms with E-state index in [1.54, 1.807) is 12.3 Å². The van der Waals surface area contributed by atoms with Crippen LogP contribution in [0.1, 0.15) is 11.1 Å². The molecule has 0 fully saturated rings. The fourth-order valence-electron chi connectivity index (χ4n) is 2.92. The second-order valence-corrected chi connectivity index (χ2v) is 6.55. The van der Waals surface area contributed by atoms with Gasteiger partial charge in [0.2, 0.25) is 5.88 Å². The van der Waals surface area contributed by atoms with Crippen LogP contribution in [0.3, 0.4) is 0 Å². The van der Waals surface area contributed by atoms with Crippen LogP contribution in [0.15, 0.2) is 73.2 Å². The zero-order chi connectivity index (χ0) is 21.0. The van der Waals surface area contributed by atoms with Crippen molar-refractivity contribution in [1.82, 2.24) is 15.0 Å². The van der Waals surface area contributed by atoms with E-state index in [4.69, 9.17) is 4.74 Å². The first kappa shape index (κ1) is 19.6. The summed E-state index contributed by atoms with van der Waals surface area (Å²) in [6.45, 7) is 0.655. The van der Waals surface area contributed by atoms with Crippen LogP contribution in [0.5, 0.6) is 11.6 Å². The van der Waals surface area contributed by atoms with Crippen LogP contribution in [0.25, 0.3) is 10.9 Å². The smallest absolute Gasteiger partial charge is 0.416 e. The Morgan fingerprint density at radius 3 is 2.40 bits per heavy atom. The number of alkyl halides is 3. The van der Waals surface area contributed by atoms with Crippen LogP contribution in [0, 0.1) is 0 Å². The predicted octanol–water partition coefficient (Wildman–Crippen LogP) is 5.49. The van der Waals surface area contributed by atoms with E-state index in [-0.39, 0.29) is 0 Å². The number of halogens is 3. The highest BCUT2D eigenvalue weighted by atomic mass is 19.4. The Balaban J connectivity index is 1.33. The highest BCUT2D eigenvalue weighted by molar-refractivity contribution is 5.88. The zero-order valence-electron chi connectivity index (χ0n) is 15.7. The molecule has 152 valence electrons. The third kappa shape index (κ3) is 4.65. The van der Waals surface area contributed by atoms with Gasteiger partial charge in [0.25, 0.3) is 0 Å². The zero-order valence-corrected chi connectivity index (χ0v) is 15.7. The average molecular weight is 410 g/mol. The van der Waals surface area contributed by atoms with Crippen molar-refractivity contribution in [3.63, 3.8) is 0 Å². The van der Waals surface area contributed by atoms with Gasteiger partial charge < -0.3 is 10.1 Å². The van der Waals surface area contributed by atoms with E-state index in [2.05, 4.69) is 20.3 Å². The quantitative estimate of drug-likeness (QED) is 0.455. The molecule has 8 heteroatoms. The van der Waals surface area contributed by atoms with Crippen LogP contribution in [0.2, 0.25) is 0 Å². The summed E-state index contributed by atoms with van der Waals surface area (Å²) in [4.78, 5) is 12.8. The molecule has 4 aromatic rings. The van der Waals surface area contributed by atoms with E-state index in [1.165, 1.54) is 18.5 Å². The Hall–Kier alpha value is -3.68. The van der Waals surface area contributed by atoms with Gasteiger partial charge >= 0.3 is 6.18 Å². The number of para-hydroxylation sites is 1. The lowest BCUT2D eigenvalue weighted by Crippen LogP contribution is -2.07. The molecule has 0 aliphatic carbocycles. The van der Waals surface area contributed by atoms with Gasteiger partial charge in [0.05, 0.1) is 11.1 Å². The van der Waals surface area contributed by atoms with Crippen LogP contribution in [-0.4, -0.2) is 21.5 Å². The third-order valence-corrected chi connectivity index (χ3v) is 4.45. The molecule has 2 aromatic carbocycles. The van der Waals surface area contributed by atoms with Gasteiger partial charge in [-0.15, -0.1) is 0 Å². The minimum absolute atomic E-state index is 0.292. The number of hydrogen-bond acceptors (Lipinski definition) is 5. The fourth-order valence-corrected chi connectivity index (χ4v) is 2.92. The summed E-state index contributed by atoms with van der Waals surface area (Å²) in [6.07, 6.45) is -0.449. The lowest BCUT2D eigenvalue weighted by atomic mass is 10.2. The first-order chi connectivity index (χ1) is 14.5. The van der Waals surface area contributed by atoms with E-state index in [9.17, 15) is 13.2 Å². The molecule has 0 atom stereocenters. The SMILES string of the molecule is FC(F)(F)c1ccc(Oc2ccc(CCNc3ncnc4ccccc34)cn2)cc1. The Kier molecular flexibility index (Phi) is 5.47. The van der Waals surface area contributed by atoms with E-state index in [0.717, 1.165) is 34.4 Å². The van der Waals surface area contributed by atoms with Crippen molar-refractivity contribution in [3.8, 4) is 11.6 Å². The van der Waals surface area contributed by atoms with Crippen LogP contribution in [0.4, 0.5) is 19.0 Å². The summed E-state index contributed by atoms with van der Waals surface area (Å²) < 4.78 is 43.3. The molecule has 4 rings (SSSR count). The van der Waals surface area contributed by atoms with Crippen molar-refractivity contribution >= 4 is 16.7 Å². The second-order valence-electron chi connectivity index (χ2n) is 6.55. The predicted molar refractivity (Wildman–Crippen MR) is 107 cm³/mol. The number of nitrogens with zero attached hydrogens (tertiary/aromatic N) is 3. The Morgan fingerprint density at radius 1 is 0.867 bits per heavy atom. The first-order valence-corrected chi connectivity index (χ1v) is 9.23. The molecule has 0 spiro atoms. The van der Waals surface area contributed by atoms with Crippen molar-refractivity contribution in [2.75, 3.05) is 11.9 Å². The molecule has 0 amide bonds. The van der Waals surface area contributed by atoms with E-state index < -0.39 is 11.7 Å². The van der Waals surface area contributed by atoms with Gasteiger partial charge in [-0.2, -0.15) is 13.2 Å². The molecule has 2 aromatic heterocycles. The minimum Gasteiger partial charge on any atom is -0.439 e. The lowest BCUT2D eigenvalue weighted by molar-refractivity contribution is -0.137. The summed E-state index contributed by atoms with van der Waals surface area (Å²) in [6, 6.07) is 15.8. The fraction of sp³-hybridized carbons (Fsp3) is 0.136. The molecule has 0 bridgehead atoms. The molecule has 5 nitrogen and oxygen atoms in total. The van der Waals surface area contributed by atoms with Gasteiger partial charge in [0.15, 0.2) is 0 Å². The summed E-state index contributed by atoms with van der Waals surface area (Å²) in [7, 11) is 0. The van der Waals surface area contributed by atoms with Gasteiger partial charge in [-0.25, -0.2) is 15.0 Å². The van der Waals surface area contributed by atoms with Crippen molar-refractivity contribution in [2.24, 2.45) is 0 Å². The monoisotopic (exact) mass is 410 g/mol. The van der Waals surface area contributed by atoms with E-state index in [1.807, 2.05) is 30.3 Å². The Labute approximate surface area is 170 Å². The number of fused-ring (bicyclic) bond motifs is 1. The maximum absolute atomic E-state index is 12.6. The molecule has 0 unspecified atom stereocenters. The number of nitrogens with one attached hydrogen (secondary N) is 1. The largest absolute Gasteiger partial charge is 0.439 e. The number of aromatic nitrogens is 3. The Morgan fingerprint density at radius 2 is 1.67 bits per heavy atom. The summed E-state index contributed by atoms with van der Waals surface area (Å²) in [5.41, 5.74) is 1.14. The van der Waals surface area contributed by atoms with Crippen molar-refractivity contribution < 1.29 is 17.9 Å². The van der Waals surface area contributed by atoms with Crippen molar-refractivity contribution in [1.29, 1.82) is 0 Å². The number of anilines is 1. The van der Waals surface area contributed by atoms with E-state index >= 15 is 0 Å². The molecular weight excluding hydrogens is 393 g/mol. The van der Waals surface area contributed by atoms with Gasteiger partial charge in [-0.3, -0.25) is 0 Å². The van der Waals surface area contributed by atoms with Gasteiger partial charge in [0, 0.05) is 24.2 Å². The maximum atomic E-state index is 12.6. The molecule has 1 N–H and O–H groups in total.